The Morgan fingerprint density at radius 2 is 1.59 bits per heavy atom. The van der Waals surface area contributed by atoms with Crippen molar-refractivity contribution in [1.29, 1.82) is 0 Å². The molecule has 0 aliphatic heterocycles. The summed E-state index contributed by atoms with van der Waals surface area (Å²) in [5.74, 6) is 0.881. The van der Waals surface area contributed by atoms with E-state index in [0.29, 0.717) is 13.2 Å². The Hall–Kier alpha value is -1.10. The largest absolute Gasteiger partial charge is 0.497 e. The van der Waals surface area contributed by atoms with E-state index in [2.05, 4.69) is 40.2 Å². The number of benzene rings is 2. The fourth-order valence-corrected chi connectivity index (χ4v) is 3.11. The van der Waals surface area contributed by atoms with Gasteiger partial charge >= 0.3 is 0 Å². The van der Waals surface area contributed by atoms with Gasteiger partial charge in [0.15, 0.2) is 6.29 Å². The van der Waals surface area contributed by atoms with Crippen LogP contribution in [-0.4, -0.2) is 31.4 Å². The molecule has 22 heavy (non-hydrogen) atoms. The highest BCUT2D eigenvalue weighted by atomic mass is 79.9. The van der Waals surface area contributed by atoms with Crippen LogP contribution in [0.25, 0.3) is 10.8 Å². The van der Waals surface area contributed by atoms with Crippen molar-refractivity contribution >= 4 is 26.7 Å². The van der Waals surface area contributed by atoms with Gasteiger partial charge in [0, 0.05) is 13.2 Å². The molecule has 0 heterocycles. The van der Waals surface area contributed by atoms with Gasteiger partial charge in [-0.05, 0) is 48.7 Å². The molecule has 2 aromatic rings. The molecule has 2 aromatic carbocycles. The summed E-state index contributed by atoms with van der Waals surface area (Å²) in [6.45, 7) is 5.25. The predicted octanol–water partition coefficient (Wildman–Crippen LogP) is 4.55. The van der Waals surface area contributed by atoms with Crippen LogP contribution < -0.4 is 4.74 Å². The first kappa shape index (κ1) is 17.3. The average Bonchev–Trinajstić information content (AvgIpc) is 2.54. The number of fused-ring (bicyclic) bond motifs is 1. The lowest BCUT2D eigenvalue weighted by molar-refractivity contribution is -0.134. The standard InChI is InChI=1S/C18H23BrO3/c1-4-21-18(22-5-2)17(19)11-13-6-7-15-12-16(20-3)9-8-14(15)10-13/h6-10,12,17-18H,4-5,11H2,1-3H3. The number of methoxy groups -OCH3 is 1. The van der Waals surface area contributed by atoms with E-state index >= 15 is 0 Å². The first-order valence-corrected chi connectivity index (χ1v) is 8.53. The molecule has 0 aliphatic carbocycles. The third kappa shape index (κ3) is 4.45. The Kier molecular flexibility index (Phi) is 6.68. The molecule has 120 valence electrons. The molecule has 4 heteroatoms. The summed E-state index contributed by atoms with van der Waals surface area (Å²) in [5.41, 5.74) is 1.25. The highest BCUT2D eigenvalue weighted by molar-refractivity contribution is 9.09. The van der Waals surface area contributed by atoms with Crippen LogP contribution >= 0.6 is 15.9 Å². The van der Waals surface area contributed by atoms with Crippen molar-refractivity contribution in [3.05, 3.63) is 42.0 Å². The summed E-state index contributed by atoms with van der Waals surface area (Å²) in [6.07, 6.45) is 0.633. The highest BCUT2D eigenvalue weighted by Crippen LogP contribution is 2.24. The van der Waals surface area contributed by atoms with Crippen LogP contribution in [0.15, 0.2) is 36.4 Å². The minimum Gasteiger partial charge on any atom is -0.497 e. The van der Waals surface area contributed by atoms with Crippen LogP contribution in [0, 0.1) is 0 Å². The minimum atomic E-state index is -0.221. The first-order chi connectivity index (χ1) is 10.7. The number of hydrogen-bond acceptors (Lipinski definition) is 3. The molecule has 0 aromatic heterocycles. The molecule has 0 spiro atoms. The van der Waals surface area contributed by atoms with Crippen molar-refractivity contribution < 1.29 is 14.2 Å². The van der Waals surface area contributed by atoms with Crippen LogP contribution in [0.5, 0.6) is 5.75 Å². The quantitative estimate of drug-likeness (QED) is 0.506. The summed E-state index contributed by atoms with van der Waals surface area (Å²) in [7, 11) is 1.69. The summed E-state index contributed by atoms with van der Waals surface area (Å²) in [5, 5.41) is 2.39. The van der Waals surface area contributed by atoms with E-state index in [0.717, 1.165) is 12.2 Å². The fraction of sp³-hybridized carbons (Fsp3) is 0.444. The summed E-state index contributed by atoms with van der Waals surface area (Å²) in [6, 6.07) is 12.6. The summed E-state index contributed by atoms with van der Waals surface area (Å²) < 4.78 is 16.6. The van der Waals surface area contributed by atoms with Gasteiger partial charge < -0.3 is 14.2 Å². The molecule has 0 aliphatic rings. The van der Waals surface area contributed by atoms with Gasteiger partial charge in [0.1, 0.15) is 5.75 Å². The topological polar surface area (TPSA) is 27.7 Å². The van der Waals surface area contributed by atoms with Crippen molar-refractivity contribution in [3.63, 3.8) is 0 Å². The molecule has 0 amide bonds. The maximum Gasteiger partial charge on any atom is 0.170 e. The smallest absolute Gasteiger partial charge is 0.170 e. The van der Waals surface area contributed by atoms with Crippen molar-refractivity contribution in [2.45, 2.75) is 31.4 Å². The minimum absolute atomic E-state index is 0.128. The van der Waals surface area contributed by atoms with Crippen molar-refractivity contribution in [3.8, 4) is 5.75 Å². The van der Waals surface area contributed by atoms with E-state index in [-0.39, 0.29) is 11.1 Å². The fourth-order valence-electron chi connectivity index (χ4n) is 2.43. The molecule has 1 atom stereocenters. The van der Waals surface area contributed by atoms with Crippen LogP contribution in [0.1, 0.15) is 19.4 Å². The SMILES string of the molecule is CCOC(OCC)C(Br)Cc1ccc2cc(OC)ccc2c1. The van der Waals surface area contributed by atoms with E-state index in [1.807, 2.05) is 26.0 Å². The maximum atomic E-state index is 5.65. The van der Waals surface area contributed by atoms with E-state index in [1.54, 1.807) is 7.11 Å². The van der Waals surface area contributed by atoms with Gasteiger partial charge in [0.05, 0.1) is 11.9 Å². The second-order valence-electron chi connectivity index (χ2n) is 5.05. The van der Waals surface area contributed by atoms with Crippen molar-refractivity contribution in [2.24, 2.45) is 0 Å². The number of rotatable bonds is 8. The predicted molar refractivity (Wildman–Crippen MR) is 94.0 cm³/mol. The zero-order valence-electron chi connectivity index (χ0n) is 13.3. The first-order valence-electron chi connectivity index (χ1n) is 7.61. The molecule has 0 saturated heterocycles. The highest BCUT2D eigenvalue weighted by Gasteiger charge is 2.19. The van der Waals surface area contributed by atoms with Gasteiger partial charge in [-0.25, -0.2) is 0 Å². The number of alkyl halides is 1. The van der Waals surface area contributed by atoms with E-state index in [1.165, 1.54) is 16.3 Å². The Morgan fingerprint density at radius 3 is 2.23 bits per heavy atom. The summed E-state index contributed by atoms with van der Waals surface area (Å²) >= 11 is 3.70. The van der Waals surface area contributed by atoms with Gasteiger partial charge in [-0.2, -0.15) is 0 Å². The molecule has 1 unspecified atom stereocenters. The Morgan fingerprint density at radius 1 is 0.955 bits per heavy atom. The lowest BCUT2D eigenvalue weighted by Gasteiger charge is -2.22. The van der Waals surface area contributed by atoms with Gasteiger partial charge in [0.25, 0.3) is 0 Å². The molecule has 2 rings (SSSR count). The molecule has 0 radical (unpaired) electrons. The molecule has 0 fully saturated rings. The third-order valence-corrected chi connectivity index (χ3v) is 4.26. The van der Waals surface area contributed by atoms with E-state index in [9.17, 15) is 0 Å². The zero-order chi connectivity index (χ0) is 15.9. The number of ether oxygens (including phenoxy) is 3. The molecule has 3 nitrogen and oxygen atoms in total. The molecular weight excluding hydrogens is 344 g/mol. The lowest BCUT2D eigenvalue weighted by atomic mass is 10.0. The van der Waals surface area contributed by atoms with Crippen LogP contribution in [0.3, 0.4) is 0 Å². The normalized spacial score (nSPS) is 12.8. The van der Waals surface area contributed by atoms with Crippen molar-refractivity contribution in [2.75, 3.05) is 20.3 Å². The van der Waals surface area contributed by atoms with E-state index in [4.69, 9.17) is 14.2 Å². The summed E-state index contributed by atoms with van der Waals surface area (Å²) in [4.78, 5) is 0.128. The van der Waals surface area contributed by atoms with Gasteiger partial charge in [-0.15, -0.1) is 0 Å². The second kappa shape index (κ2) is 8.51. The number of hydrogen-bond donors (Lipinski definition) is 0. The lowest BCUT2D eigenvalue weighted by Crippen LogP contribution is -2.29. The monoisotopic (exact) mass is 366 g/mol. The zero-order valence-corrected chi connectivity index (χ0v) is 14.9. The molecule has 0 N–H and O–H groups in total. The van der Waals surface area contributed by atoms with Crippen molar-refractivity contribution in [1.82, 2.24) is 0 Å². The Bertz CT molecular complexity index is 594. The Labute approximate surface area is 140 Å². The van der Waals surface area contributed by atoms with Crippen LogP contribution in [-0.2, 0) is 15.9 Å². The van der Waals surface area contributed by atoms with E-state index < -0.39 is 0 Å². The molecule has 0 saturated carbocycles. The third-order valence-electron chi connectivity index (χ3n) is 3.50. The van der Waals surface area contributed by atoms with Crippen LogP contribution in [0.2, 0.25) is 0 Å². The van der Waals surface area contributed by atoms with Crippen LogP contribution in [0.4, 0.5) is 0 Å². The Balaban J connectivity index is 2.13. The average molecular weight is 367 g/mol. The van der Waals surface area contributed by atoms with Gasteiger partial charge in [-0.3, -0.25) is 0 Å². The second-order valence-corrected chi connectivity index (χ2v) is 6.22. The van der Waals surface area contributed by atoms with Gasteiger partial charge in [-0.1, -0.05) is 40.2 Å². The van der Waals surface area contributed by atoms with Gasteiger partial charge in [0.2, 0.25) is 0 Å². The number of halogens is 1. The molecule has 0 bridgehead atoms. The maximum absolute atomic E-state index is 5.65. The molecular formula is C18H23BrO3.